The van der Waals surface area contributed by atoms with Gasteiger partial charge in [-0.3, -0.25) is 4.79 Å². The maximum Gasteiger partial charge on any atom is 0.340 e. The number of hydrogen-bond acceptors (Lipinski definition) is 5. The summed E-state index contributed by atoms with van der Waals surface area (Å²) in [5.74, 6) is -1.06. The molecule has 2 aromatic carbocycles. The summed E-state index contributed by atoms with van der Waals surface area (Å²) in [6.07, 6.45) is 0.624. The van der Waals surface area contributed by atoms with Crippen molar-refractivity contribution in [3.05, 3.63) is 65.7 Å². The molecule has 2 aromatic rings. The van der Waals surface area contributed by atoms with Gasteiger partial charge in [0.2, 0.25) is 5.91 Å². The third-order valence-electron chi connectivity index (χ3n) is 4.69. The number of carbonyl (C=O) groups excluding carboxylic acids is 2. The van der Waals surface area contributed by atoms with Crippen LogP contribution in [0.3, 0.4) is 0 Å². The van der Waals surface area contributed by atoms with Gasteiger partial charge in [-0.2, -0.15) is 17.0 Å². The van der Waals surface area contributed by atoms with Gasteiger partial charge in [-0.15, -0.1) is 0 Å². The molecule has 1 saturated heterocycles. The second kappa shape index (κ2) is 9.84. The van der Waals surface area contributed by atoms with Gasteiger partial charge in [0.25, 0.3) is 10.2 Å². The average Bonchev–Trinajstić information content (AvgIpc) is 2.72. The topological polar surface area (TPSA) is 96.0 Å². The summed E-state index contributed by atoms with van der Waals surface area (Å²) in [5, 5.41) is 2.64. The monoisotopic (exact) mass is 431 g/mol. The molecule has 8 nitrogen and oxygen atoms in total. The van der Waals surface area contributed by atoms with Crippen LogP contribution in [0.4, 0.5) is 5.69 Å². The van der Waals surface area contributed by atoms with Gasteiger partial charge < -0.3 is 10.1 Å². The Morgan fingerprint density at radius 3 is 2.40 bits per heavy atom. The molecule has 3 rings (SSSR count). The molecule has 0 saturated carbocycles. The van der Waals surface area contributed by atoms with Crippen LogP contribution in [0.1, 0.15) is 29.3 Å². The largest absolute Gasteiger partial charge is 0.462 e. The molecule has 0 unspecified atom stereocenters. The van der Waals surface area contributed by atoms with Crippen molar-refractivity contribution in [3.8, 4) is 0 Å². The summed E-state index contributed by atoms with van der Waals surface area (Å²) in [4.78, 5) is 24.6. The highest BCUT2D eigenvalue weighted by atomic mass is 32.2. The van der Waals surface area contributed by atoms with Gasteiger partial charge >= 0.3 is 5.97 Å². The van der Waals surface area contributed by atoms with Crippen LogP contribution in [0.15, 0.2) is 54.6 Å². The molecule has 1 aliphatic heterocycles. The molecule has 0 aliphatic carbocycles. The van der Waals surface area contributed by atoms with E-state index in [0.29, 0.717) is 13.0 Å². The summed E-state index contributed by atoms with van der Waals surface area (Å²) < 4.78 is 33.5. The van der Waals surface area contributed by atoms with Crippen molar-refractivity contribution < 1.29 is 22.7 Å². The fourth-order valence-corrected chi connectivity index (χ4v) is 4.89. The fourth-order valence-electron chi connectivity index (χ4n) is 3.25. The lowest BCUT2D eigenvalue weighted by molar-refractivity contribution is -0.116. The zero-order chi connectivity index (χ0) is 21.6. The van der Waals surface area contributed by atoms with Crippen molar-refractivity contribution in [2.75, 3.05) is 31.6 Å². The summed E-state index contributed by atoms with van der Waals surface area (Å²) in [5.41, 5.74) is 1.40. The number of nitrogens with one attached hydrogen (secondary N) is 1. The number of esters is 1. The molecule has 1 aliphatic rings. The number of nitrogens with zero attached hydrogens (tertiary/aromatic N) is 2. The van der Waals surface area contributed by atoms with E-state index in [-0.39, 0.29) is 37.5 Å². The van der Waals surface area contributed by atoms with E-state index in [0.717, 1.165) is 5.56 Å². The third kappa shape index (κ3) is 5.24. The molecule has 1 amide bonds. The lowest BCUT2D eigenvalue weighted by atomic mass is 10.2. The summed E-state index contributed by atoms with van der Waals surface area (Å²) in [6, 6.07) is 15.8. The lowest BCUT2D eigenvalue weighted by Crippen LogP contribution is -2.51. The Labute approximate surface area is 176 Å². The Morgan fingerprint density at radius 2 is 1.67 bits per heavy atom. The van der Waals surface area contributed by atoms with Crippen molar-refractivity contribution in [1.29, 1.82) is 0 Å². The van der Waals surface area contributed by atoms with Crippen molar-refractivity contribution in [2.24, 2.45) is 0 Å². The molecular weight excluding hydrogens is 406 g/mol. The molecule has 1 N–H and O–H groups in total. The van der Waals surface area contributed by atoms with Crippen molar-refractivity contribution in [2.45, 2.75) is 19.9 Å². The van der Waals surface area contributed by atoms with Crippen LogP contribution in [0.5, 0.6) is 0 Å². The zero-order valence-corrected chi connectivity index (χ0v) is 17.6. The minimum Gasteiger partial charge on any atom is -0.462 e. The van der Waals surface area contributed by atoms with E-state index in [9.17, 15) is 18.0 Å². The molecular formula is C21H25N3O5S. The van der Waals surface area contributed by atoms with E-state index in [1.54, 1.807) is 31.2 Å². The minimum absolute atomic E-state index is 0.213. The maximum absolute atomic E-state index is 13.0. The second-order valence-electron chi connectivity index (χ2n) is 6.83. The highest BCUT2D eigenvalue weighted by Gasteiger charge is 2.34. The number of ether oxygens (including phenoxy) is 1. The van der Waals surface area contributed by atoms with E-state index in [1.807, 2.05) is 30.3 Å². The van der Waals surface area contributed by atoms with E-state index in [4.69, 9.17) is 4.74 Å². The molecule has 1 fully saturated rings. The van der Waals surface area contributed by atoms with Gasteiger partial charge in [-0.1, -0.05) is 42.5 Å². The first-order chi connectivity index (χ1) is 14.4. The van der Waals surface area contributed by atoms with Gasteiger partial charge in [0.05, 0.1) is 24.4 Å². The fraction of sp³-hybridized carbons (Fsp3) is 0.333. The number of amides is 1. The van der Waals surface area contributed by atoms with Crippen molar-refractivity contribution in [3.63, 3.8) is 0 Å². The quantitative estimate of drug-likeness (QED) is 0.679. The zero-order valence-electron chi connectivity index (χ0n) is 16.8. The van der Waals surface area contributed by atoms with Crippen LogP contribution in [-0.4, -0.2) is 55.1 Å². The van der Waals surface area contributed by atoms with E-state index in [2.05, 4.69) is 5.32 Å². The van der Waals surface area contributed by atoms with Gasteiger partial charge in [0.15, 0.2) is 0 Å². The van der Waals surface area contributed by atoms with Crippen LogP contribution in [0.25, 0.3) is 0 Å². The van der Waals surface area contributed by atoms with E-state index < -0.39 is 22.1 Å². The molecule has 0 atom stereocenters. The van der Waals surface area contributed by atoms with Crippen LogP contribution in [0.2, 0.25) is 0 Å². The normalized spacial score (nSPS) is 16.7. The first kappa shape index (κ1) is 21.9. The maximum atomic E-state index is 13.0. The van der Waals surface area contributed by atoms with Crippen LogP contribution >= 0.6 is 0 Å². The Bertz CT molecular complexity index is 995. The summed E-state index contributed by atoms with van der Waals surface area (Å²) in [6.45, 7) is 2.51. The Kier molecular flexibility index (Phi) is 7.20. The van der Waals surface area contributed by atoms with E-state index >= 15 is 0 Å². The Morgan fingerprint density at radius 1 is 1.00 bits per heavy atom. The second-order valence-corrected chi connectivity index (χ2v) is 8.76. The minimum atomic E-state index is -3.77. The van der Waals surface area contributed by atoms with E-state index in [1.165, 1.54) is 8.61 Å². The van der Waals surface area contributed by atoms with Crippen LogP contribution in [0, 0.1) is 0 Å². The van der Waals surface area contributed by atoms with Crippen molar-refractivity contribution >= 4 is 27.8 Å². The molecule has 0 radical (unpaired) electrons. The van der Waals surface area contributed by atoms with Crippen LogP contribution < -0.4 is 5.32 Å². The van der Waals surface area contributed by atoms with Gasteiger partial charge in [0.1, 0.15) is 0 Å². The summed E-state index contributed by atoms with van der Waals surface area (Å²) in [7, 11) is -3.77. The molecule has 9 heteroatoms. The number of para-hydroxylation sites is 1. The first-order valence-corrected chi connectivity index (χ1v) is 11.2. The Hall–Kier alpha value is -2.75. The van der Waals surface area contributed by atoms with Gasteiger partial charge in [-0.25, -0.2) is 4.79 Å². The van der Waals surface area contributed by atoms with Gasteiger partial charge in [-0.05, 0) is 31.0 Å². The lowest BCUT2D eigenvalue weighted by Gasteiger charge is -2.34. The number of rotatable bonds is 7. The first-order valence-electron chi connectivity index (χ1n) is 9.77. The molecule has 0 aromatic heterocycles. The number of carbonyl (C=O) groups is 2. The molecule has 0 bridgehead atoms. The van der Waals surface area contributed by atoms with Crippen LogP contribution in [-0.2, 0) is 26.3 Å². The summed E-state index contributed by atoms with van der Waals surface area (Å²) >= 11 is 0. The number of hydrogen-bond donors (Lipinski definition) is 1. The highest BCUT2D eigenvalue weighted by molar-refractivity contribution is 7.86. The molecule has 160 valence electrons. The van der Waals surface area contributed by atoms with Gasteiger partial charge in [0, 0.05) is 19.6 Å². The van der Waals surface area contributed by atoms with Crippen molar-refractivity contribution in [1.82, 2.24) is 8.61 Å². The number of anilines is 1. The SMILES string of the molecule is CCOC(=O)c1ccccc1NC(=O)CN1CCCN(Cc2ccccc2)S1(=O)=O. The predicted octanol–water partition coefficient (Wildman–Crippen LogP) is 2.25. The molecule has 0 spiro atoms. The third-order valence-corrected chi connectivity index (χ3v) is 6.61. The number of benzene rings is 2. The average molecular weight is 432 g/mol. The highest BCUT2D eigenvalue weighted by Crippen LogP contribution is 2.20. The Balaban J connectivity index is 1.69. The standard InChI is InChI=1S/C21H25N3O5S/c1-2-29-21(26)18-11-6-7-12-19(18)22-20(25)16-24-14-8-13-23(30(24,27)28)15-17-9-4-3-5-10-17/h3-7,9-12H,2,8,13-16H2,1H3,(H,22,25). The predicted molar refractivity (Wildman–Crippen MR) is 113 cm³/mol. The smallest absolute Gasteiger partial charge is 0.340 e. The molecule has 30 heavy (non-hydrogen) atoms. The molecule has 1 heterocycles.